The Morgan fingerprint density at radius 1 is 1.61 bits per heavy atom. The summed E-state index contributed by atoms with van der Waals surface area (Å²) in [5.74, 6) is -2.63. The van der Waals surface area contributed by atoms with E-state index >= 15 is 0 Å². The Kier molecular flexibility index (Phi) is 4.79. The third kappa shape index (κ3) is 3.53. The lowest BCUT2D eigenvalue weighted by atomic mass is 10.2. The van der Waals surface area contributed by atoms with Crippen LogP contribution in [-0.4, -0.2) is 40.0 Å². The first-order valence-electron chi connectivity index (χ1n) is 4.88. The molecule has 0 radical (unpaired) electrons. The van der Waals surface area contributed by atoms with Crippen LogP contribution < -0.4 is 0 Å². The van der Waals surface area contributed by atoms with Gasteiger partial charge in [-0.1, -0.05) is 17.7 Å². The average Bonchev–Trinajstić information content (AvgIpc) is 2.30. The van der Waals surface area contributed by atoms with Gasteiger partial charge in [0.2, 0.25) is 0 Å². The van der Waals surface area contributed by atoms with E-state index in [1.54, 1.807) is 0 Å². The van der Waals surface area contributed by atoms with Crippen LogP contribution in [0.4, 0.5) is 4.39 Å². The van der Waals surface area contributed by atoms with Crippen molar-refractivity contribution in [3.63, 3.8) is 0 Å². The van der Waals surface area contributed by atoms with E-state index in [4.69, 9.17) is 16.7 Å². The molecule has 5 nitrogen and oxygen atoms in total. The minimum atomic E-state index is -1.19. The molecule has 1 heterocycles. The van der Waals surface area contributed by atoms with Crippen molar-refractivity contribution in [1.29, 1.82) is 0 Å². The Balaban J connectivity index is 3.04. The van der Waals surface area contributed by atoms with Gasteiger partial charge in [0.25, 0.3) is 5.91 Å². The Labute approximate surface area is 107 Å². The third-order valence-corrected chi connectivity index (χ3v) is 2.30. The monoisotopic (exact) mass is 272 g/mol. The molecule has 1 aromatic rings. The first kappa shape index (κ1) is 14.1. The lowest BCUT2D eigenvalue weighted by Crippen LogP contribution is -2.36. The maximum absolute atomic E-state index is 13.0. The minimum Gasteiger partial charge on any atom is -0.480 e. The fourth-order valence-electron chi connectivity index (χ4n) is 1.28. The van der Waals surface area contributed by atoms with Gasteiger partial charge in [-0.2, -0.15) is 0 Å². The van der Waals surface area contributed by atoms with Crippen LogP contribution in [-0.2, 0) is 4.79 Å². The fourth-order valence-corrected chi connectivity index (χ4v) is 1.47. The average molecular weight is 273 g/mol. The zero-order chi connectivity index (χ0) is 13.7. The molecule has 1 aromatic heterocycles. The molecule has 1 rings (SSSR count). The zero-order valence-corrected chi connectivity index (χ0v) is 10.0. The van der Waals surface area contributed by atoms with Crippen molar-refractivity contribution in [3.05, 3.63) is 41.5 Å². The summed E-state index contributed by atoms with van der Waals surface area (Å²) in [6.07, 6.45) is 2.23. The number of halogens is 2. The van der Waals surface area contributed by atoms with Gasteiger partial charge in [0.15, 0.2) is 0 Å². The van der Waals surface area contributed by atoms with E-state index in [9.17, 15) is 14.0 Å². The molecule has 1 N–H and O–H groups in total. The van der Waals surface area contributed by atoms with E-state index in [0.717, 1.165) is 17.2 Å². The number of hydrogen-bond donors (Lipinski definition) is 1. The number of nitrogens with zero attached hydrogens (tertiary/aromatic N) is 2. The molecule has 0 atom stereocenters. The molecule has 1 amide bonds. The first-order valence-corrected chi connectivity index (χ1v) is 5.26. The summed E-state index contributed by atoms with van der Waals surface area (Å²) < 4.78 is 13.0. The summed E-state index contributed by atoms with van der Waals surface area (Å²) in [5.41, 5.74) is -0.181. The van der Waals surface area contributed by atoms with E-state index in [1.165, 1.54) is 6.08 Å². The number of pyridine rings is 1. The molecule has 0 aliphatic heterocycles. The first-order chi connectivity index (χ1) is 8.45. The van der Waals surface area contributed by atoms with Gasteiger partial charge in [0, 0.05) is 6.54 Å². The largest absolute Gasteiger partial charge is 0.480 e. The minimum absolute atomic E-state index is 0.0119. The fraction of sp³-hybridized carbons (Fsp3) is 0.182. The van der Waals surface area contributed by atoms with E-state index in [-0.39, 0.29) is 17.3 Å². The maximum Gasteiger partial charge on any atom is 0.323 e. The molecule has 0 fully saturated rings. The SMILES string of the molecule is C=CCN(CC(=O)O)C(=O)c1cc(F)cnc1Cl. The van der Waals surface area contributed by atoms with Gasteiger partial charge < -0.3 is 10.0 Å². The Morgan fingerprint density at radius 2 is 2.28 bits per heavy atom. The molecule has 18 heavy (non-hydrogen) atoms. The van der Waals surface area contributed by atoms with Crippen molar-refractivity contribution in [3.8, 4) is 0 Å². The number of amides is 1. The van der Waals surface area contributed by atoms with Gasteiger partial charge in [0.1, 0.15) is 17.5 Å². The van der Waals surface area contributed by atoms with Crippen molar-refractivity contribution in [1.82, 2.24) is 9.88 Å². The van der Waals surface area contributed by atoms with Gasteiger partial charge in [-0.25, -0.2) is 9.37 Å². The predicted octanol–water partition coefficient (Wildman–Crippen LogP) is 1.59. The number of carbonyl (C=O) groups is 2. The molecule has 0 saturated carbocycles. The molecule has 0 aliphatic carbocycles. The van der Waals surface area contributed by atoms with Crippen LogP contribution in [0.25, 0.3) is 0 Å². The Bertz CT molecular complexity index is 493. The summed E-state index contributed by atoms with van der Waals surface area (Å²) >= 11 is 5.67. The van der Waals surface area contributed by atoms with Crippen molar-refractivity contribution < 1.29 is 19.1 Å². The predicted molar refractivity (Wildman–Crippen MR) is 62.9 cm³/mol. The van der Waals surface area contributed by atoms with Gasteiger partial charge in [-0.15, -0.1) is 6.58 Å². The highest BCUT2D eigenvalue weighted by Crippen LogP contribution is 2.16. The third-order valence-electron chi connectivity index (χ3n) is 2.00. The maximum atomic E-state index is 13.0. The second-order valence-corrected chi connectivity index (χ2v) is 3.72. The molecular formula is C11H10ClFN2O3. The summed E-state index contributed by atoms with van der Waals surface area (Å²) in [5, 5.41) is 8.50. The molecule has 0 aliphatic rings. The Hall–Kier alpha value is -1.95. The topological polar surface area (TPSA) is 70.5 Å². The molecule has 0 bridgehead atoms. The van der Waals surface area contributed by atoms with Crippen LogP contribution in [0, 0.1) is 5.82 Å². The van der Waals surface area contributed by atoms with Crippen LogP contribution in [0.5, 0.6) is 0 Å². The highest BCUT2D eigenvalue weighted by Gasteiger charge is 2.21. The molecule has 0 spiro atoms. The highest BCUT2D eigenvalue weighted by molar-refractivity contribution is 6.32. The van der Waals surface area contributed by atoms with E-state index in [1.807, 2.05) is 0 Å². The van der Waals surface area contributed by atoms with Crippen molar-refractivity contribution in [2.75, 3.05) is 13.1 Å². The number of aliphatic carboxylic acids is 1. The summed E-state index contributed by atoms with van der Waals surface area (Å²) in [6, 6.07) is 0.912. The van der Waals surface area contributed by atoms with Crippen LogP contribution in [0.1, 0.15) is 10.4 Å². The molecule has 0 aromatic carbocycles. The lowest BCUT2D eigenvalue weighted by Gasteiger charge is -2.19. The van der Waals surface area contributed by atoms with E-state index in [0.29, 0.717) is 0 Å². The van der Waals surface area contributed by atoms with Gasteiger partial charge in [0.05, 0.1) is 11.8 Å². The zero-order valence-electron chi connectivity index (χ0n) is 9.27. The highest BCUT2D eigenvalue weighted by atomic mass is 35.5. The number of hydrogen-bond acceptors (Lipinski definition) is 3. The van der Waals surface area contributed by atoms with Gasteiger partial charge in [-0.3, -0.25) is 9.59 Å². The van der Waals surface area contributed by atoms with Crippen molar-refractivity contribution in [2.45, 2.75) is 0 Å². The number of carboxylic acids is 1. The smallest absolute Gasteiger partial charge is 0.323 e. The van der Waals surface area contributed by atoms with Crippen LogP contribution in [0.15, 0.2) is 24.9 Å². The Morgan fingerprint density at radius 3 is 2.83 bits per heavy atom. The summed E-state index contributed by atoms with van der Waals surface area (Å²) in [7, 11) is 0. The number of carboxylic acid groups (broad SMARTS) is 1. The molecular weight excluding hydrogens is 263 g/mol. The van der Waals surface area contributed by atoms with Crippen molar-refractivity contribution in [2.24, 2.45) is 0 Å². The molecule has 7 heteroatoms. The standard InChI is InChI=1S/C11H10ClFN2O3/c1-2-3-15(6-9(16)17)11(18)8-4-7(13)5-14-10(8)12/h2,4-5H,1,3,6H2,(H,16,17). The summed E-state index contributed by atoms with van der Waals surface area (Å²) in [4.78, 5) is 27.0. The van der Waals surface area contributed by atoms with Crippen LogP contribution >= 0.6 is 11.6 Å². The van der Waals surface area contributed by atoms with Crippen LogP contribution in [0.3, 0.4) is 0 Å². The molecule has 0 unspecified atom stereocenters. The normalized spacial score (nSPS) is 9.89. The van der Waals surface area contributed by atoms with E-state index in [2.05, 4.69) is 11.6 Å². The second-order valence-electron chi connectivity index (χ2n) is 3.36. The summed E-state index contributed by atoms with van der Waals surface area (Å²) in [6.45, 7) is 2.90. The lowest BCUT2D eigenvalue weighted by molar-refractivity contribution is -0.137. The van der Waals surface area contributed by atoms with E-state index < -0.39 is 24.2 Å². The number of carbonyl (C=O) groups excluding carboxylic acids is 1. The number of rotatable bonds is 5. The van der Waals surface area contributed by atoms with Gasteiger partial charge >= 0.3 is 5.97 Å². The second kappa shape index (κ2) is 6.11. The van der Waals surface area contributed by atoms with Crippen molar-refractivity contribution >= 4 is 23.5 Å². The molecule has 96 valence electrons. The molecule has 0 saturated heterocycles. The van der Waals surface area contributed by atoms with Crippen LogP contribution in [0.2, 0.25) is 5.15 Å². The quantitative estimate of drug-likeness (QED) is 0.653. The number of aromatic nitrogens is 1. The van der Waals surface area contributed by atoms with Gasteiger partial charge in [-0.05, 0) is 6.07 Å².